The van der Waals surface area contributed by atoms with Gasteiger partial charge in [-0.25, -0.2) is 13.1 Å². The maximum Gasteiger partial charge on any atom is 0.244 e. The van der Waals surface area contributed by atoms with Crippen LogP contribution in [0.5, 0.6) is 5.75 Å². The Balaban J connectivity index is 1.93. The summed E-state index contributed by atoms with van der Waals surface area (Å²) in [4.78, 5) is 13.4. The van der Waals surface area contributed by atoms with Gasteiger partial charge in [0.05, 0.1) is 6.04 Å². The number of fused-ring (bicyclic) bond motifs is 2. The number of ether oxygens (including phenoxy) is 1. The molecule has 2 heterocycles. The number of nitrogens with zero attached hydrogens (tertiary/aromatic N) is 1. The Hall–Kier alpha value is -1.60. The lowest BCUT2D eigenvalue weighted by Crippen LogP contribution is -2.43. The molecule has 1 fully saturated rings. The van der Waals surface area contributed by atoms with E-state index in [2.05, 4.69) is 4.72 Å². The van der Waals surface area contributed by atoms with Crippen LogP contribution < -0.4 is 9.46 Å². The second-order valence-electron chi connectivity index (χ2n) is 5.41. The van der Waals surface area contributed by atoms with Crippen LogP contribution in [0.2, 0.25) is 0 Å². The Morgan fingerprint density at radius 1 is 1.29 bits per heavy atom. The van der Waals surface area contributed by atoms with Crippen molar-refractivity contribution in [3.05, 3.63) is 24.3 Å². The SMILES string of the molecule is CC(=O)N1CC[C@@H]2NS(=O)(=O)c3ccccc3O[C@H]2CC1. The predicted octanol–water partition coefficient (Wildman–Crippen LogP) is 0.737. The zero-order chi connectivity index (χ0) is 15.0. The fourth-order valence-corrected chi connectivity index (χ4v) is 4.30. The summed E-state index contributed by atoms with van der Waals surface area (Å²) in [6, 6.07) is 6.34. The highest BCUT2D eigenvalue weighted by atomic mass is 32.2. The number of carbonyl (C=O) groups is 1. The molecule has 2 atom stereocenters. The first kappa shape index (κ1) is 14.3. The van der Waals surface area contributed by atoms with Crippen LogP contribution in [0.1, 0.15) is 19.8 Å². The molecule has 114 valence electrons. The van der Waals surface area contributed by atoms with Gasteiger partial charge in [0.1, 0.15) is 16.7 Å². The van der Waals surface area contributed by atoms with Crippen molar-refractivity contribution >= 4 is 15.9 Å². The fraction of sp³-hybridized carbons (Fsp3) is 0.500. The van der Waals surface area contributed by atoms with Crippen molar-refractivity contribution in [2.24, 2.45) is 0 Å². The molecule has 1 amide bonds. The maximum absolute atomic E-state index is 12.4. The predicted molar refractivity (Wildman–Crippen MR) is 76.5 cm³/mol. The van der Waals surface area contributed by atoms with E-state index < -0.39 is 10.0 Å². The molecule has 0 radical (unpaired) electrons. The van der Waals surface area contributed by atoms with E-state index in [4.69, 9.17) is 4.74 Å². The first-order chi connectivity index (χ1) is 9.97. The van der Waals surface area contributed by atoms with E-state index in [1.54, 1.807) is 29.2 Å². The second kappa shape index (κ2) is 5.31. The van der Waals surface area contributed by atoms with Crippen molar-refractivity contribution < 1.29 is 17.9 Å². The quantitative estimate of drug-likeness (QED) is 0.767. The minimum absolute atomic E-state index is 0.00900. The summed E-state index contributed by atoms with van der Waals surface area (Å²) in [6.07, 6.45) is 0.909. The number of sulfonamides is 1. The molecule has 0 aliphatic carbocycles. The van der Waals surface area contributed by atoms with E-state index in [1.165, 1.54) is 6.92 Å². The summed E-state index contributed by atoms with van der Waals surface area (Å²) in [5.41, 5.74) is 0. The number of nitrogens with one attached hydrogen (secondary N) is 1. The molecule has 7 heteroatoms. The van der Waals surface area contributed by atoms with E-state index in [0.717, 1.165) is 0 Å². The van der Waals surface area contributed by atoms with E-state index in [1.807, 2.05) is 0 Å². The number of rotatable bonds is 0. The van der Waals surface area contributed by atoms with E-state index in [9.17, 15) is 13.2 Å². The molecule has 0 bridgehead atoms. The van der Waals surface area contributed by atoms with E-state index in [-0.39, 0.29) is 22.9 Å². The highest BCUT2D eigenvalue weighted by Crippen LogP contribution is 2.30. The molecule has 6 nitrogen and oxygen atoms in total. The van der Waals surface area contributed by atoms with Crippen LogP contribution in [-0.2, 0) is 14.8 Å². The average molecular weight is 310 g/mol. The summed E-state index contributed by atoms with van der Waals surface area (Å²) in [5, 5.41) is 0. The molecule has 0 aromatic heterocycles. The summed E-state index contributed by atoms with van der Waals surface area (Å²) < 4.78 is 33.5. The summed E-state index contributed by atoms with van der Waals surface area (Å²) in [6.45, 7) is 2.65. The van der Waals surface area contributed by atoms with Crippen LogP contribution in [0.4, 0.5) is 0 Å². The Morgan fingerprint density at radius 3 is 2.76 bits per heavy atom. The van der Waals surface area contributed by atoms with Gasteiger partial charge >= 0.3 is 0 Å². The number of amides is 1. The van der Waals surface area contributed by atoms with E-state index >= 15 is 0 Å². The molecule has 0 saturated carbocycles. The largest absolute Gasteiger partial charge is 0.487 e. The minimum Gasteiger partial charge on any atom is -0.487 e. The van der Waals surface area contributed by atoms with Gasteiger partial charge in [-0.15, -0.1) is 0 Å². The fourth-order valence-electron chi connectivity index (χ4n) is 2.86. The van der Waals surface area contributed by atoms with Crippen LogP contribution in [0, 0.1) is 0 Å². The molecular formula is C14H18N2O4S. The number of hydrogen-bond acceptors (Lipinski definition) is 4. The van der Waals surface area contributed by atoms with Gasteiger partial charge < -0.3 is 9.64 Å². The van der Waals surface area contributed by atoms with Gasteiger partial charge in [-0.2, -0.15) is 0 Å². The van der Waals surface area contributed by atoms with Crippen LogP contribution in [0.3, 0.4) is 0 Å². The monoisotopic (exact) mass is 310 g/mol. The van der Waals surface area contributed by atoms with E-state index in [0.29, 0.717) is 31.7 Å². The first-order valence-electron chi connectivity index (χ1n) is 7.01. The number of hydrogen-bond donors (Lipinski definition) is 1. The lowest BCUT2D eigenvalue weighted by molar-refractivity contribution is -0.128. The number of para-hydroxylation sites is 1. The van der Waals surface area contributed by atoms with Crippen LogP contribution in [0.15, 0.2) is 29.2 Å². The van der Waals surface area contributed by atoms with Gasteiger partial charge in [-0.1, -0.05) is 12.1 Å². The molecular weight excluding hydrogens is 292 g/mol. The molecule has 1 saturated heterocycles. The molecule has 1 aromatic carbocycles. The first-order valence-corrected chi connectivity index (χ1v) is 8.49. The van der Waals surface area contributed by atoms with Gasteiger partial charge in [0.25, 0.3) is 0 Å². The van der Waals surface area contributed by atoms with Crippen molar-refractivity contribution in [3.8, 4) is 5.75 Å². The topological polar surface area (TPSA) is 75.7 Å². The zero-order valence-electron chi connectivity index (χ0n) is 11.8. The number of likely N-dealkylation sites (tertiary alicyclic amines) is 1. The van der Waals surface area contributed by atoms with Crippen molar-refractivity contribution in [3.63, 3.8) is 0 Å². The maximum atomic E-state index is 12.4. The molecule has 21 heavy (non-hydrogen) atoms. The Kier molecular flexibility index (Phi) is 3.62. The van der Waals surface area contributed by atoms with Gasteiger partial charge in [-0.3, -0.25) is 4.79 Å². The van der Waals surface area contributed by atoms with Gasteiger partial charge in [0.15, 0.2) is 0 Å². The molecule has 2 aliphatic heterocycles. The van der Waals surface area contributed by atoms with Gasteiger partial charge in [0, 0.05) is 26.4 Å². The molecule has 1 aromatic rings. The Morgan fingerprint density at radius 2 is 2.00 bits per heavy atom. The van der Waals surface area contributed by atoms with Crippen molar-refractivity contribution in [1.29, 1.82) is 0 Å². The number of benzene rings is 1. The number of carbonyl (C=O) groups excluding carboxylic acids is 1. The minimum atomic E-state index is -3.58. The smallest absolute Gasteiger partial charge is 0.244 e. The van der Waals surface area contributed by atoms with Crippen molar-refractivity contribution in [2.45, 2.75) is 36.8 Å². The standard InChI is InChI=1S/C14H18N2O4S/c1-10(17)16-8-6-11-12(7-9-16)20-13-4-2-3-5-14(13)21(18,19)15-11/h2-5,11-12,15H,6-9H2,1H3/t11-,12-/m0/s1. The average Bonchev–Trinajstić information content (AvgIpc) is 2.67. The molecule has 1 N–H and O–H groups in total. The summed E-state index contributed by atoms with van der Waals surface area (Å²) in [5.74, 6) is 0.392. The van der Waals surface area contributed by atoms with Crippen molar-refractivity contribution in [2.75, 3.05) is 13.1 Å². The van der Waals surface area contributed by atoms with Gasteiger partial charge in [0.2, 0.25) is 15.9 Å². The third-order valence-corrected chi connectivity index (χ3v) is 5.54. The van der Waals surface area contributed by atoms with Gasteiger partial charge in [-0.05, 0) is 18.6 Å². The molecule has 0 unspecified atom stereocenters. The zero-order valence-corrected chi connectivity index (χ0v) is 12.6. The molecule has 0 spiro atoms. The third kappa shape index (κ3) is 2.75. The van der Waals surface area contributed by atoms with Crippen LogP contribution >= 0.6 is 0 Å². The highest BCUT2D eigenvalue weighted by Gasteiger charge is 2.36. The molecule has 2 aliphatic rings. The third-order valence-electron chi connectivity index (χ3n) is 4.01. The van der Waals surface area contributed by atoms with Crippen LogP contribution in [0.25, 0.3) is 0 Å². The summed E-state index contributed by atoms with van der Waals surface area (Å²) in [7, 11) is -3.58. The van der Waals surface area contributed by atoms with Crippen molar-refractivity contribution in [1.82, 2.24) is 9.62 Å². The normalized spacial score (nSPS) is 27.6. The van der Waals surface area contributed by atoms with Crippen LogP contribution in [-0.4, -0.2) is 44.5 Å². The Labute approximate surface area is 124 Å². The highest BCUT2D eigenvalue weighted by molar-refractivity contribution is 7.89. The molecule has 3 rings (SSSR count). The lowest BCUT2D eigenvalue weighted by Gasteiger charge is -2.22. The second-order valence-corrected chi connectivity index (χ2v) is 7.10. The summed E-state index contributed by atoms with van der Waals surface area (Å²) >= 11 is 0. The lowest BCUT2D eigenvalue weighted by atomic mass is 10.1. The Bertz CT molecular complexity index is 659.